The smallest absolute Gasteiger partial charge is 0.128 e. The van der Waals surface area contributed by atoms with Crippen LogP contribution in [0.25, 0.3) is 10.9 Å². The Morgan fingerprint density at radius 2 is 1.95 bits per heavy atom. The first-order valence-electron chi connectivity index (χ1n) is 7.54. The Morgan fingerprint density at radius 1 is 1.20 bits per heavy atom. The van der Waals surface area contributed by atoms with Gasteiger partial charge in [-0.3, -0.25) is 4.90 Å². The summed E-state index contributed by atoms with van der Waals surface area (Å²) in [6.07, 6.45) is 1.05. The number of hydrogen-bond donors (Lipinski definition) is 1. The molecule has 108 valence electrons. The second-order valence-corrected chi connectivity index (χ2v) is 6.47. The number of fused-ring (bicyclic) bond motifs is 3. The summed E-state index contributed by atoms with van der Waals surface area (Å²) in [5.41, 5.74) is 4.42. The van der Waals surface area contributed by atoms with Crippen molar-refractivity contribution in [2.45, 2.75) is 52.6 Å². The SMILES string of the molecule is CC(C)c1cc2c3c([nH]c2cc1F)CN(C(C)C)CC3. The molecule has 1 aliphatic rings. The van der Waals surface area contributed by atoms with Gasteiger partial charge in [-0.05, 0) is 49.4 Å². The molecule has 1 aliphatic heterocycles. The molecule has 0 fully saturated rings. The monoisotopic (exact) mass is 274 g/mol. The normalized spacial score (nSPS) is 16.4. The predicted molar refractivity (Wildman–Crippen MR) is 81.6 cm³/mol. The average Bonchev–Trinajstić information content (AvgIpc) is 2.73. The molecule has 1 aromatic heterocycles. The summed E-state index contributed by atoms with van der Waals surface area (Å²) >= 11 is 0. The first kappa shape index (κ1) is 13.6. The highest BCUT2D eigenvalue weighted by Crippen LogP contribution is 2.32. The van der Waals surface area contributed by atoms with E-state index in [1.165, 1.54) is 16.6 Å². The Labute approximate surface area is 120 Å². The van der Waals surface area contributed by atoms with Gasteiger partial charge in [-0.2, -0.15) is 0 Å². The molecule has 3 heteroatoms. The Hall–Kier alpha value is -1.35. The molecule has 2 nitrogen and oxygen atoms in total. The van der Waals surface area contributed by atoms with Gasteiger partial charge in [0.1, 0.15) is 5.82 Å². The summed E-state index contributed by atoms with van der Waals surface area (Å²) in [6.45, 7) is 10.6. The minimum Gasteiger partial charge on any atom is -0.357 e. The molecule has 0 saturated carbocycles. The number of benzene rings is 1. The van der Waals surface area contributed by atoms with Gasteiger partial charge in [0.2, 0.25) is 0 Å². The summed E-state index contributed by atoms with van der Waals surface area (Å²) in [5, 5.41) is 1.22. The molecular weight excluding hydrogens is 251 g/mol. The van der Waals surface area contributed by atoms with Crippen molar-refractivity contribution in [3.8, 4) is 0 Å². The Bertz CT molecular complexity index is 640. The van der Waals surface area contributed by atoms with Gasteiger partial charge < -0.3 is 4.98 Å². The number of aromatic amines is 1. The average molecular weight is 274 g/mol. The second-order valence-electron chi connectivity index (χ2n) is 6.47. The van der Waals surface area contributed by atoms with Gasteiger partial charge in [-0.15, -0.1) is 0 Å². The maximum Gasteiger partial charge on any atom is 0.128 e. The zero-order chi connectivity index (χ0) is 14.4. The van der Waals surface area contributed by atoms with Crippen molar-refractivity contribution in [3.05, 3.63) is 34.8 Å². The quantitative estimate of drug-likeness (QED) is 0.869. The zero-order valence-corrected chi connectivity index (χ0v) is 12.8. The van der Waals surface area contributed by atoms with Gasteiger partial charge in [0, 0.05) is 35.7 Å². The molecule has 0 amide bonds. The summed E-state index contributed by atoms with van der Waals surface area (Å²) in [6, 6.07) is 4.27. The van der Waals surface area contributed by atoms with Crippen LogP contribution >= 0.6 is 0 Å². The number of hydrogen-bond acceptors (Lipinski definition) is 1. The maximum atomic E-state index is 14.1. The number of rotatable bonds is 2. The molecule has 0 atom stereocenters. The van der Waals surface area contributed by atoms with Gasteiger partial charge in [-0.1, -0.05) is 13.8 Å². The third-order valence-corrected chi connectivity index (χ3v) is 4.47. The topological polar surface area (TPSA) is 19.0 Å². The van der Waals surface area contributed by atoms with Crippen molar-refractivity contribution >= 4 is 10.9 Å². The second kappa shape index (κ2) is 4.88. The molecule has 0 radical (unpaired) electrons. The van der Waals surface area contributed by atoms with Crippen LogP contribution in [0.5, 0.6) is 0 Å². The van der Waals surface area contributed by atoms with E-state index in [4.69, 9.17) is 0 Å². The molecule has 20 heavy (non-hydrogen) atoms. The predicted octanol–water partition coefficient (Wildman–Crippen LogP) is 4.20. The number of nitrogens with zero attached hydrogens (tertiary/aromatic N) is 1. The largest absolute Gasteiger partial charge is 0.357 e. The van der Waals surface area contributed by atoms with Gasteiger partial charge in [-0.25, -0.2) is 4.39 Å². The van der Waals surface area contributed by atoms with Crippen LogP contribution in [-0.4, -0.2) is 22.5 Å². The zero-order valence-electron chi connectivity index (χ0n) is 12.8. The maximum absolute atomic E-state index is 14.1. The molecule has 0 unspecified atom stereocenters. The minimum atomic E-state index is -0.0909. The Kier molecular flexibility index (Phi) is 3.33. The Balaban J connectivity index is 2.09. The number of nitrogens with one attached hydrogen (secondary N) is 1. The van der Waals surface area contributed by atoms with Crippen LogP contribution in [0.2, 0.25) is 0 Å². The molecule has 0 aliphatic carbocycles. The standard InChI is InChI=1S/C17H23FN2/c1-10(2)13-7-14-12-5-6-20(11(3)4)9-17(12)19-16(14)8-15(13)18/h7-8,10-11,19H,5-6,9H2,1-4H3. The first-order chi connectivity index (χ1) is 9.47. The van der Waals surface area contributed by atoms with Crippen LogP contribution in [-0.2, 0) is 13.0 Å². The van der Waals surface area contributed by atoms with Crippen molar-refractivity contribution in [2.24, 2.45) is 0 Å². The molecule has 0 bridgehead atoms. The van der Waals surface area contributed by atoms with E-state index in [1.807, 2.05) is 13.8 Å². The summed E-state index contributed by atoms with van der Waals surface area (Å²) in [4.78, 5) is 5.88. The molecule has 1 N–H and O–H groups in total. The number of H-pyrrole nitrogens is 1. The molecule has 0 saturated heterocycles. The lowest BCUT2D eigenvalue weighted by Crippen LogP contribution is -2.35. The molecule has 1 aromatic carbocycles. The van der Waals surface area contributed by atoms with Crippen LogP contribution in [0, 0.1) is 5.82 Å². The van der Waals surface area contributed by atoms with E-state index in [2.05, 4.69) is 29.8 Å². The lowest BCUT2D eigenvalue weighted by Gasteiger charge is -2.30. The number of halogens is 1. The third-order valence-electron chi connectivity index (χ3n) is 4.47. The van der Waals surface area contributed by atoms with Gasteiger partial charge >= 0.3 is 0 Å². The van der Waals surface area contributed by atoms with E-state index >= 15 is 0 Å². The van der Waals surface area contributed by atoms with Crippen LogP contribution in [0.4, 0.5) is 4.39 Å². The first-order valence-corrected chi connectivity index (χ1v) is 7.54. The van der Waals surface area contributed by atoms with Crippen LogP contribution < -0.4 is 0 Å². The molecule has 3 rings (SSSR count). The fourth-order valence-corrected chi connectivity index (χ4v) is 3.18. The van der Waals surface area contributed by atoms with Gasteiger partial charge in [0.05, 0.1) is 0 Å². The van der Waals surface area contributed by atoms with Crippen LogP contribution in [0.15, 0.2) is 12.1 Å². The van der Waals surface area contributed by atoms with E-state index < -0.39 is 0 Å². The van der Waals surface area contributed by atoms with E-state index in [1.54, 1.807) is 6.07 Å². The highest BCUT2D eigenvalue weighted by molar-refractivity contribution is 5.86. The van der Waals surface area contributed by atoms with E-state index in [0.29, 0.717) is 6.04 Å². The van der Waals surface area contributed by atoms with Crippen molar-refractivity contribution < 1.29 is 4.39 Å². The van der Waals surface area contributed by atoms with E-state index in [0.717, 1.165) is 30.6 Å². The summed E-state index contributed by atoms with van der Waals surface area (Å²) in [7, 11) is 0. The minimum absolute atomic E-state index is 0.0909. The summed E-state index contributed by atoms with van der Waals surface area (Å²) < 4.78 is 14.1. The van der Waals surface area contributed by atoms with Crippen molar-refractivity contribution in [2.75, 3.05) is 6.54 Å². The fraction of sp³-hybridized carbons (Fsp3) is 0.529. The highest BCUT2D eigenvalue weighted by Gasteiger charge is 2.23. The summed E-state index contributed by atoms with van der Waals surface area (Å²) in [5.74, 6) is 0.132. The Morgan fingerprint density at radius 3 is 2.60 bits per heavy atom. The third kappa shape index (κ3) is 2.14. The van der Waals surface area contributed by atoms with Crippen LogP contribution in [0.1, 0.15) is 50.4 Å². The molecule has 2 aromatic rings. The van der Waals surface area contributed by atoms with Gasteiger partial charge in [0.15, 0.2) is 0 Å². The molecular formula is C17H23FN2. The van der Waals surface area contributed by atoms with Crippen molar-refractivity contribution in [3.63, 3.8) is 0 Å². The lowest BCUT2D eigenvalue weighted by molar-refractivity contribution is 0.201. The number of aromatic nitrogens is 1. The molecule has 2 heterocycles. The van der Waals surface area contributed by atoms with E-state index in [-0.39, 0.29) is 11.7 Å². The van der Waals surface area contributed by atoms with Crippen LogP contribution in [0.3, 0.4) is 0 Å². The lowest BCUT2D eigenvalue weighted by atomic mass is 9.97. The van der Waals surface area contributed by atoms with Gasteiger partial charge in [0.25, 0.3) is 0 Å². The highest BCUT2D eigenvalue weighted by atomic mass is 19.1. The fourth-order valence-electron chi connectivity index (χ4n) is 3.18. The molecule has 0 spiro atoms. The van der Waals surface area contributed by atoms with Crippen molar-refractivity contribution in [1.29, 1.82) is 0 Å². The van der Waals surface area contributed by atoms with E-state index in [9.17, 15) is 4.39 Å². The van der Waals surface area contributed by atoms with Crippen molar-refractivity contribution in [1.82, 2.24) is 9.88 Å².